The second-order valence-corrected chi connectivity index (χ2v) is 5.20. The van der Waals surface area contributed by atoms with E-state index >= 15 is 0 Å². The molecular weight excluding hydrogens is 222 g/mol. The van der Waals surface area contributed by atoms with E-state index < -0.39 is 15.2 Å². The van der Waals surface area contributed by atoms with Gasteiger partial charge in [-0.3, -0.25) is 4.31 Å². The highest BCUT2D eigenvalue weighted by molar-refractivity contribution is 7.93. The molecule has 0 unspecified atom stereocenters. The molecule has 0 saturated carbocycles. The molecule has 0 spiro atoms. The highest BCUT2D eigenvalue weighted by Crippen LogP contribution is 2.17. The highest BCUT2D eigenvalue weighted by Gasteiger charge is 2.18. The van der Waals surface area contributed by atoms with Crippen molar-refractivity contribution < 1.29 is 8.42 Å². The van der Waals surface area contributed by atoms with Gasteiger partial charge in [0.2, 0.25) is 10.0 Å². The second kappa shape index (κ2) is 4.66. The van der Waals surface area contributed by atoms with Gasteiger partial charge in [-0.05, 0) is 19.1 Å². The van der Waals surface area contributed by atoms with Crippen LogP contribution in [0.5, 0.6) is 0 Å². The number of rotatable bonds is 4. The van der Waals surface area contributed by atoms with Crippen molar-refractivity contribution >= 4 is 27.3 Å². The van der Waals surface area contributed by atoms with Gasteiger partial charge in [0.25, 0.3) is 0 Å². The van der Waals surface area contributed by atoms with Gasteiger partial charge < -0.3 is 0 Å². The average Bonchev–Trinajstić information content (AvgIpc) is 2.20. The van der Waals surface area contributed by atoms with E-state index in [-0.39, 0.29) is 0 Å². The summed E-state index contributed by atoms with van der Waals surface area (Å²) < 4.78 is 24.3. The van der Waals surface area contributed by atoms with E-state index in [0.717, 1.165) is 0 Å². The van der Waals surface area contributed by atoms with E-state index in [1.54, 1.807) is 31.2 Å². The number of para-hydroxylation sites is 1. The monoisotopic (exact) mass is 233 g/mol. The van der Waals surface area contributed by atoms with Gasteiger partial charge in [-0.2, -0.15) is 0 Å². The first-order valence-electron chi connectivity index (χ1n) is 4.23. The molecule has 0 aliphatic heterocycles. The molecule has 3 nitrogen and oxygen atoms in total. The number of halogens is 1. The van der Waals surface area contributed by atoms with Crippen molar-refractivity contribution in [3.8, 4) is 0 Å². The summed E-state index contributed by atoms with van der Waals surface area (Å²) in [7, 11) is -3.36. The smallest absolute Gasteiger partial charge is 0.249 e. The topological polar surface area (TPSA) is 37.4 Å². The van der Waals surface area contributed by atoms with Crippen molar-refractivity contribution in [2.75, 3.05) is 16.1 Å². The number of hydrogen-bond donors (Lipinski definition) is 0. The molecule has 0 fully saturated rings. The van der Waals surface area contributed by atoms with Gasteiger partial charge in [0, 0.05) is 6.54 Å². The Hall–Kier alpha value is -0.740. The Morgan fingerprint density at radius 3 is 2.29 bits per heavy atom. The standard InChI is InChI=1S/C9H12ClNO2S/c1-2-11(14(12,13)8-10)9-6-4-3-5-7-9/h3-7H,2,8H2,1H3. The maximum Gasteiger partial charge on any atom is 0.249 e. The Kier molecular flexibility index (Phi) is 3.77. The predicted octanol–water partition coefficient (Wildman–Crippen LogP) is 2.04. The van der Waals surface area contributed by atoms with Gasteiger partial charge in [-0.25, -0.2) is 8.42 Å². The molecule has 0 bridgehead atoms. The van der Waals surface area contributed by atoms with E-state index in [2.05, 4.69) is 0 Å². The van der Waals surface area contributed by atoms with Gasteiger partial charge in [0.15, 0.2) is 0 Å². The van der Waals surface area contributed by atoms with Crippen LogP contribution in [0.2, 0.25) is 0 Å². The number of sulfonamides is 1. The lowest BCUT2D eigenvalue weighted by Crippen LogP contribution is -2.31. The number of hydrogen-bond acceptors (Lipinski definition) is 2. The summed E-state index contributed by atoms with van der Waals surface area (Å²) >= 11 is 5.39. The van der Waals surface area contributed by atoms with Gasteiger partial charge in [-0.1, -0.05) is 18.2 Å². The quantitative estimate of drug-likeness (QED) is 0.747. The zero-order chi connectivity index (χ0) is 10.6. The molecule has 0 amide bonds. The summed E-state index contributed by atoms with van der Waals surface area (Å²) in [5.41, 5.74) is 0.649. The Balaban J connectivity index is 3.06. The minimum absolute atomic E-state index is 0.388. The van der Waals surface area contributed by atoms with Crippen molar-refractivity contribution in [3.05, 3.63) is 30.3 Å². The summed E-state index contributed by atoms with van der Waals surface area (Å²) in [5.74, 6) is 0. The minimum atomic E-state index is -3.36. The molecule has 0 radical (unpaired) electrons. The van der Waals surface area contributed by atoms with Crippen LogP contribution in [0.1, 0.15) is 6.92 Å². The Morgan fingerprint density at radius 2 is 1.86 bits per heavy atom. The lowest BCUT2D eigenvalue weighted by Gasteiger charge is -2.21. The molecule has 78 valence electrons. The van der Waals surface area contributed by atoms with Gasteiger partial charge in [0.05, 0.1) is 5.69 Å². The average molecular weight is 234 g/mol. The second-order valence-electron chi connectivity index (χ2n) is 2.72. The summed E-state index contributed by atoms with van der Waals surface area (Å²) in [6.07, 6.45) is 0. The summed E-state index contributed by atoms with van der Waals surface area (Å²) in [4.78, 5) is 0. The fourth-order valence-electron chi connectivity index (χ4n) is 1.19. The lowest BCUT2D eigenvalue weighted by molar-refractivity contribution is 0.596. The zero-order valence-electron chi connectivity index (χ0n) is 7.85. The number of anilines is 1. The molecular formula is C9H12ClNO2S. The molecule has 0 heterocycles. The van der Waals surface area contributed by atoms with E-state index in [1.165, 1.54) is 4.31 Å². The maximum atomic E-state index is 11.5. The fraction of sp³-hybridized carbons (Fsp3) is 0.333. The van der Waals surface area contributed by atoms with Crippen molar-refractivity contribution in [2.45, 2.75) is 6.92 Å². The molecule has 14 heavy (non-hydrogen) atoms. The van der Waals surface area contributed by atoms with Crippen LogP contribution in [0.4, 0.5) is 5.69 Å². The lowest BCUT2D eigenvalue weighted by atomic mass is 10.3. The predicted molar refractivity (Wildman–Crippen MR) is 59.1 cm³/mol. The third-order valence-electron chi connectivity index (χ3n) is 1.81. The highest BCUT2D eigenvalue weighted by atomic mass is 35.5. The van der Waals surface area contributed by atoms with Crippen molar-refractivity contribution in [2.24, 2.45) is 0 Å². The van der Waals surface area contributed by atoms with Crippen LogP contribution in [0.3, 0.4) is 0 Å². The van der Waals surface area contributed by atoms with Gasteiger partial charge in [0.1, 0.15) is 5.21 Å². The summed E-state index contributed by atoms with van der Waals surface area (Å²) in [6.45, 7) is 2.16. The van der Waals surface area contributed by atoms with Crippen LogP contribution in [0.15, 0.2) is 30.3 Å². The normalized spacial score (nSPS) is 11.3. The molecule has 0 N–H and O–H groups in total. The molecule has 0 atom stereocenters. The van der Waals surface area contributed by atoms with Gasteiger partial charge in [-0.15, -0.1) is 11.6 Å². The number of benzene rings is 1. The van der Waals surface area contributed by atoms with Crippen molar-refractivity contribution in [1.29, 1.82) is 0 Å². The van der Waals surface area contributed by atoms with Crippen LogP contribution in [-0.2, 0) is 10.0 Å². The largest absolute Gasteiger partial charge is 0.270 e. The van der Waals surface area contributed by atoms with E-state index in [9.17, 15) is 8.42 Å². The molecule has 1 rings (SSSR count). The van der Waals surface area contributed by atoms with E-state index in [4.69, 9.17) is 11.6 Å². The van der Waals surface area contributed by atoms with E-state index in [1.807, 2.05) is 6.07 Å². The molecule has 5 heteroatoms. The number of alkyl halides is 1. The van der Waals surface area contributed by atoms with E-state index in [0.29, 0.717) is 12.2 Å². The fourth-order valence-corrected chi connectivity index (χ4v) is 2.50. The third kappa shape index (κ3) is 2.39. The van der Waals surface area contributed by atoms with Crippen molar-refractivity contribution in [1.82, 2.24) is 0 Å². The molecule has 1 aromatic rings. The Labute approximate surface area is 89.4 Å². The van der Waals surface area contributed by atoms with Gasteiger partial charge >= 0.3 is 0 Å². The van der Waals surface area contributed by atoms with Crippen LogP contribution < -0.4 is 4.31 Å². The van der Waals surface area contributed by atoms with Crippen LogP contribution in [0, 0.1) is 0 Å². The summed E-state index contributed by atoms with van der Waals surface area (Å²) in [6, 6.07) is 8.91. The Bertz CT molecular complexity index is 377. The van der Waals surface area contributed by atoms with Crippen LogP contribution >= 0.6 is 11.6 Å². The molecule has 0 saturated heterocycles. The SMILES string of the molecule is CCN(c1ccccc1)S(=O)(=O)CCl. The number of nitrogens with zero attached hydrogens (tertiary/aromatic N) is 1. The minimum Gasteiger partial charge on any atom is -0.270 e. The molecule has 0 aliphatic rings. The zero-order valence-corrected chi connectivity index (χ0v) is 9.42. The first-order chi connectivity index (χ1) is 6.61. The van der Waals surface area contributed by atoms with Crippen LogP contribution in [-0.4, -0.2) is 20.2 Å². The van der Waals surface area contributed by atoms with Crippen molar-refractivity contribution in [3.63, 3.8) is 0 Å². The molecule has 0 aliphatic carbocycles. The first-order valence-corrected chi connectivity index (χ1v) is 6.37. The molecule has 0 aromatic heterocycles. The summed E-state index contributed by atoms with van der Waals surface area (Å²) in [5, 5.41) is -0.393. The maximum absolute atomic E-state index is 11.5. The van der Waals surface area contributed by atoms with Crippen LogP contribution in [0.25, 0.3) is 0 Å². The third-order valence-corrected chi connectivity index (χ3v) is 4.05. The first kappa shape index (κ1) is 11.3. The Morgan fingerprint density at radius 1 is 1.29 bits per heavy atom. The molecule has 1 aromatic carbocycles.